The van der Waals surface area contributed by atoms with Gasteiger partial charge in [-0.2, -0.15) is 0 Å². The van der Waals surface area contributed by atoms with Gasteiger partial charge in [0.1, 0.15) is 5.78 Å². The van der Waals surface area contributed by atoms with Crippen molar-refractivity contribution in [2.45, 2.75) is 58.5 Å². The Bertz CT molecular complexity index is 409. The van der Waals surface area contributed by atoms with Gasteiger partial charge >= 0.3 is 0 Å². The van der Waals surface area contributed by atoms with Crippen LogP contribution in [0, 0.1) is 5.92 Å². The SMILES string of the molecule is CC(CCOCc1ccccc1)CCC(=O)C[Si](C)(C)C. The molecule has 0 aliphatic rings. The highest BCUT2D eigenvalue weighted by Crippen LogP contribution is 2.16. The predicted molar refractivity (Wildman–Crippen MR) is 92.3 cm³/mol. The van der Waals surface area contributed by atoms with Crippen LogP contribution in [-0.4, -0.2) is 20.5 Å². The fourth-order valence-corrected chi connectivity index (χ4v) is 3.64. The van der Waals surface area contributed by atoms with Crippen molar-refractivity contribution in [3.63, 3.8) is 0 Å². The van der Waals surface area contributed by atoms with Crippen LogP contribution in [-0.2, 0) is 16.1 Å². The van der Waals surface area contributed by atoms with E-state index in [-0.39, 0.29) is 0 Å². The van der Waals surface area contributed by atoms with Crippen LogP contribution in [0.1, 0.15) is 31.7 Å². The number of Topliss-reactive ketones (excluding diaryl/α,β-unsaturated/α-hetero) is 1. The Hall–Kier alpha value is -0.933. The van der Waals surface area contributed by atoms with Gasteiger partial charge in [0, 0.05) is 19.1 Å². The molecule has 0 N–H and O–H groups in total. The molecule has 1 atom stereocenters. The molecule has 0 aliphatic heterocycles. The summed E-state index contributed by atoms with van der Waals surface area (Å²) in [5.41, 5.74) is 1.22. The summed E-state index contributed by atoms with van der Waals surface area (Å²) < 4.78 is 5.70. The lowest BCUT2D eigenvalue weighted by Crippen LogP contribution is -2.24. The monoisotopic (exact) mass is 306 g/mol. The summed E-state index contributed by atoms with van der Waals surface area (Å²) in [6, 6.07) is 11.1. The van der Waals surface area contributed by atoms with E-state index >= 15 is 0 Å². The van der Waals surface area contributed by atoms with Crippen molar-refractivity contribution in [1.29, 1.82) is 0 Å². The van der Waals surface area contributed by atoms with Gasteiger partial charge in [-0.15, -0.1) is 0 Å². The zero-order valence-corrected chi connectivity index (χ0v) is 15.0. The molecule has 1 aromatic carbocycles. The minimum atomic E-state index is -1.24. The van der Waals surface area contributed by atoms with Crippen molar-refractivity contribution in [2.75, 3.05) is 6.61 Å². The molecule has 2 nitrogen and oxygen atoms in total. The first-order chi connectivity index (χ1) is 9.87. The Morgan fingerprint density at radius 1 is 1.14 bits per heavy atom. The summed E-state index contributed by atoms with van der Waals surface area (Å²) in [5, 5.41) is 0. The highest BCUT2D eigenvalue weighted by molar-refractivity contribution is 6.78. The second kappa shape index (κ2) is 9.16. The molecular weight excluding hydrogens is 276 g/mol. The molecule has 0 aromatic heterocycles. The van der Waals surface area contributed by atoms with Crippen LogP contribution in [0.2, 0.25) is 25.7 Å². The van der Waals surface area contributed by atoms with Crippen molar-refractivity contribution >= 4 is 13.9 Å². The van der Waals surface area contributed by atoms with Gasteiger partial charge in [-0.3, -0.25) is 0 Å². The number of ketones is 1. The summed E-state index contributed by atoms with van der Waals surface area (Å²) in [5.74, 6) is 1.01. The smallest absolute Gasteiger partial charge is 0.130 e. The summed E-state index contributed by atoms with van der Waals surface area (Å²) in [6.45, 7) is 10.4. The summed E-state index contributed by atoms with van der Waals surface area (Å²) in [7, 11) is -1.24. The number of rotatable bonds is 10. The normalized spacial score (nSPS) is 13.1. The Labute approximate surface area is 130 Å². The topological polar surface area (TPSA) is 26.3 Å². The molecule has 118 valence electrons. The summed E-state index contributed by atoms with van der Waals surface area (Å²) in [4.78, 5) is 11.9. The molecule has 0 aliphatic carbocycles. The van der Waals surface area contributed by atoms with E-state index in [0.29, 0.717) is 18.3 Å². The Morgan fingerprint density at radius 2 is 1.81 bits per heavy atom. The maximum Gasteiger partial charge on any atom is 0.130 e. The fourth-order valence-electron chi connectivity index (χ4n) is 2.28. The lowest BCUT2D eigenvalue weighted by Gasteiger charge is -2.16. The van der Waals surface area contributed by atoms with Crippen molar-refractivity contribution in [1.82, 2.24) is 0 Å². The molecule has 1 rings (SSSR count). The predicted octanol–water partition coefficient (Wildman–Crippen LogP) is 4.92. The van der Waals surface area contributed by atoms with E-state index in [1.807, 2.05) is 18.2 Å². The largest absolute Gasteiger partial charge is 0.377 e. The third-order valence-corrected chi connectivity index (χ3v) is 4.97. The van der Waals surface area contributed by atoms with Crippen LogP contribution in [0.25, 0.3) is 0 Å². The first-order valence-corrected chi connectivity index (χ1v) is 11.7. The lowest BCUT2D eigenvalue weighted by molar-refractivity contribution is -0.117. The first-order valence-electron chi connectivity index (χ1n) is 8.00. The molecule has 1 unspecified atom stereocenters. The zero-order valence-electron chi connectivity index (χ0n) is 14.0. The van der Waals surface area contributed by atoms with Crippen LogP contribution in [0.4, 0.5) is 0 Å². The van der Waals surface area contributed by atoms with Gasteiger partial charge in [-0.05, 0) is 24.3 Å². The molecular formula is C18H30O2Si. The average molecular weight is 307 g/mol. The number of carbonyl (C=O) groups is 1. The fraction of sp³-hybridized carbons (Fsp3) is 0.611. The number of hydrogen-bond acceptors (Lipinski definition) is 2. The third-order valence-electron chi connectivity index (χ3n) is 3.51. The van der Waals surface area contributed by atoms with Crippen LogP contribution in [0.3, 0.4) is 0 Å². The second-order valence-electron chi connectivity index (χ2n) is 7.25. The van der Waals surface area contributed by atoms with Gasteiger partial charge in [-0.1, -0.05) is 56.9 Å². The quantitative estimate of drug-likeness (QED) is 0.453. The second-order valence-corrected chi connectivity index (χ2v) is 12.7. The van der Waals surface area contributed by atoms with E-state index in [1.165, 1.54) is 5.56 Å². The molecule has 21 heavy (non-hydrogen) atoms. The number of ether oxygens (including phenoxy) is 1. The molecule has 0 spiro atoms. The van der Waals surface area contributed by atoms with Gasteiger partial charge in [0.25, 0.3) is 0 Å². The standard InChI is InChI=1S/C18H30O2Si/c1-16(10-11-18(19)15-21(2,3)4)12-13-20-14-17-8-6-5-7-9-17/h5-9,16H,10-15H2,1-4H3. The molecule has 0 heterocycles. The molecule has 0 radical (unpaired) electrons. The minimum absolute atomic E-state index is 0.450. The third kappa shape index (κ3) is 9.59. The zero-order chi connectivity index (χ0) is 15.7. The molecule has 3 heteroatoms. The van der Waals surface area contributed by atoms with E-state index in [9.17, 15) is 4.79 Å². The average Bonchev–Trinajstić information content (AvgIpc) is 2.41. The molecule has 0 saturated carbocycles. The van der Waals surface area contributed by atoms with Crippen LogP contribution in [0.5, 0.6) is 0 Å². The molecule has 0 amide bonds. The first kappa shape index (κ1) is 18.1. The highest BCUT2D eigenvalue weighted by Gasteiger charge is 2.18. The number of hydrogen-bond donors (Lipinski definition) is 0. The number of benzene rings is 1. The van der Waals surface area contributed by atoms with E-state index < -0.39 is 8.07 Å². The van der Waals surface area contributed by atoms with Crippen molar-refractivity contribution in [3.8, 4) is 0 Å². The lowest BCUT2D eigenvalue weighted by atomic mass is 10.0. The van der Waals surface area contributed by atoms with Gasteiger partial charge in [0.2, 0.25) is 0 Å². The molecule has 0 bridgehead atoms. The maximum absolute atomic E-state index is 11.9. The van der Waals surface area contributed by atoms with Crippen LogP contribution < -0.4 is 0 Å². The molecule has 0 saturated heterocycles. The van der Waals surface area contributed by atoms with Crippen molar-refractivity contribution in [3.05, 3.63) is 35.9 Å². The Morgan fingerprint density at radius 3 is 2.43 bits per heavy atom. The van der Waals surface area contributed by atoms with Crippen LogP contribution in [0.15, 0.2) is 30.3 Å². The van der Waals surface area contributed by atoms with Gasteiger partial charge in [0.15, 0.2) is 0 Å². The van der Waals surface area contributed by atoms with Gasteiger partial charge < -0.3 is 9.53 Å². The Kier molecular flexibility index (Phi) is 7.90. The van der Waals surface area contributed by atoms with Crippen molar-refractivity contribution < 1.29 is 9.53 Å². The molecule has 1 aromatic rings. The van der Waals surface area contributed by atoms with E-state index in [1.54, 1.807) is 0 Å². The van der Waals surface area contributed by atoms with Gasteiger partial charge in [-0.25, -0.2) is 0 Å². The highest BCUT2D eigenvalue weighted by atomic mass is 28.3. The van der Waals surface area contributed by atoms with Gasteiger partial charge in [0.05, 0.1) is 14.7 Å². The summed E-state index contributed by atoms with van der Waals surface area (Å²) in [6.07, 6.45) is 2.77. The number of carbonyl (C=O) groups excluding carboxylic acids is 1. The van der Waals surface area contributed by atoms with Crippen molar-refractivity contribution in [2.24, 2.45) is 5.92 Å². The minimum Gasteiger partial charge on any atom is -0.377 e. The van der Waals surface area contributed by atoms with E-state index in [4.69, 9.17) is 4.74 Å². The van der Waals surface area contributed by atoms with E-state index in [2.05, 4.69) is 38.7 Å². The summed E-state index contributed by atoms with van der Waals surface area (Å²) >= 11 is 0. The van der Waals surface area contributed by atoms with Crippen LogP contribution >= 0.6 is 0 Å². The maximum atomic E-state index is 11.9. The van der Waals surface area contributed by atoms with E-state index in [0.717, 1.165) is 31.9 Å². The molecule has 0 fully saturated rings. The Balaban J connectivity index is 2.09.